The Kier molecular flexibility index (Phi) is 5.60. The van der Waals surface area contributed by atoms with Crippen LogP contribution in [0.4, 0.5) is 0 Å². The molecule has 2 fully saturated rings. The zero-order valence-electron chi connectivity index (χ0n) is 17.5. The van der Waals surface area contributed by atoms with Gasteiger partial charge in [0.25, 0.3) is 0 Å². The number of hydrogen-bond acceptors (Lipinski definition) is 4. The number of carbonyl (C=O) groups is 2. The van der Waals surface area contributed by atoms with Crippen LogP contribution in [0.2, 0.25) is 0 Å². The molecule has 2 N–H and O–H groups in total. The number of ether oxygens (including phenoxy) is 1. The van der Waals surface area contributed by atoms with Crippen LogP contribution < -0.4 is 5.73 Å². The molecule has 0 spiro atoms. The molecule has 0 bridgehead atoms. The number of aromatic nitrogens is 1. The summed E-state index contributed by atoms with van der Waals surface area (Å²) in [5, 5.41) is 0. The van der Waals surface area contributed by atoms with Gasteiger partial charge >= 0.3 is 0 Å². The van der Waals surface area contributed by atoms with Gasteiger partial charge in [-0.1, -0.05) is 35.9 Å². The largest absolute Gasteiger partial charge is 0.381 e. The van der Waals surface area contributed by atoms with Crippen LogP contribution >= 0.6 is 0 Å². The van der Waals surface area contributed by atoms with Gasteiger partial charge in [0.1, 0.15) is 5.41 Å². The molecule has 1 atom stereocenters. The molecule has 6 heteroatoms. The summed E-state index contributed by atoms with van der Waals surface area (Å²) < 4.78 is 5.61. The smallest absolute Gasteiger partial charge is 0.233 e. The molecule has 0 aliphatic carbocycles. The third kappa shape index (κ3) is 3.49. The van der Waals surface area contributed by atoms with Crippen LogP contribution in [0.3, 0.4) is 0 Å². The van der Waals surface area contributed by atoms with Gasteiger partial charge in [-0.3, -0.25) is 14.6 Å². The minimum atomic E-state index is -0.950. The molecule has 2 aliphatic rings. The molecule has 4 rings (SSSR count). The van der Waals surface area contributed by atoms with Crippen LogP contribution in [0.5, 0.6) is 0 Å². The first-order chi connectivity index (χ1) is 14.5. The van der Waals surface area contributed by atoms with E-state index in [0.717, 1.165) is 11.1 Å². The van der Waals surface area contributed by atoms with E-state index in [4.69, 9.17) is 10.5 Å². The third-order valence-electron chi connectivity index (χ3n) is 6.73. The van der Waals surface area contributed by atoms with Gasteiger partial charge in [-0.2, -0.15) is 0 Å². The summed E-state index contributed by atoms with van der Waals surface area (Å²) in [5.41, 5.74) is 7.13. The highest BCUT2D eigenvalue weighted by atomic mass is 16.5. The van der Waals surface area contributed by atoms with Gasteiger partial charge in [0, 0.05) is 32.5 Å². The van der Waals surface area contributed by atoms with Crippen molar-refractivity contribution in [2.75, 3.05) is 26.3 Å². The summed E-state index contributed by atoms with van der Waals surface area (Å²) in [6.45, 7) is 4.03. The van der Waals surface area contributed by atoms with Crippen molar-refractivity contribution in [3.63, 3.8) is 0 Å². The van der Waals surface area contributed by atoms with Crippen molar-refractivity contribution in [3.8, 4) is 0 Å². The zero-order valence-corrected chi connectivity index (χ0v) is 17.5. The topological polar surface area (TPSA) is 85.5 Å². The first kappa shape index (κ1) is 20.5. The molecule has 2 amide bonds. The predicted octanol–water partition coefficient (Wildman–Crippen LogP) is 2.48. The van der Waals surface area contributed by atoms with E-state index < -0.39 is 16.7 Å². The number of pyridine rings is 1. The molecular formula is C24H29N3O3. The number of nitrogens with zero attached hydrogens (tertiary/aromatic N) is 2. The highest BCUT2D eigenvalue weighted by Gasteiger charge is 2.50. The van der Waals surface area contributed by atoms with Crippen molar-refractivity contribution in [2.24, 2.45) is 5.73 Å². The van der Waals surface area contributed by atoms with E-state index in [2.05, 4.69) is 11.1 Å². The number of amides is 2. The van der Waals surface area contributed by atoms with Gasteiger partial charge in [-0.25, -0.2) is 0 Å². The van der Waals surface area contributed by atoms with Crippen LogP contribution in [0.15, 0.2) is 48.7 Å². The Morgan fingerprint density at radius 3 is 2.53 bits per heavy atom. The van der Waals surface area contributed by atoms with Crippen molar-refractivity contribution in [1.82, 2.24) is 9.88 Å². The second kappa shape index (κ2) is 8.19. The second-order valence-corrected chi connectivity index (χ2v) is 8.56. The Hall–Kier alpha value is -2.73. The molecule has 0 saturated carbocycles. The number of aryl methyl sites for hydroxylation is 1. The predicted molar refractivity (Wildman–Crippen MR) is 114 cm³/mol. The lowest BCUT2D eigenvalue weighted by Crippen LogP contribution is -2.59. The number of primary amides is 1. The summed E-state index contributed by atoms with van der Waals surface area (Å²) in [6.07, 6.45) is 4.26. The van der Waals surface area contributed by atoms with Gasteiger partial charge in [-0.05, 0) is 50.3 Å². The van der Waals surface area contributed by atoms with Crippen molar-refractivity contribution in [2.45, 2.75) is 43.4 Å². The lowest BCUT2D eigenvalue weighted by atomic mass is 9.70. The van der Waals surface area contributed by atoms with Crippen LogP contribution in [0.1, 0.15) is 42.5 Å². The minimum absolute atomic E-state index is 0.0673. The van der Waals surface area contributed by atoms with Crippen LogP contribution in [0, 0.1) is 6.92 Å². The summed E-state index contributed by atoms with van der Waals surface area (Å²) in [6, 6.07) is 13.7. The van der Waals surface area contributed by atoms with E-state index >= 15 is 0 Å². The molecule has 6 nitrogen and oxygen atoms in total. The SMILES string of the molecule is Cc1cccc(C2(C(=O)N3CCC[C@](C(N)=O)(c4ccccn4)C3)CCOCC2)c1. The molecule has 1 aromatic heterocycles. The first-order valence-corrected chi connectivity index (χ1v) is 10.6. The molecule has 158 valence electrons. The van der Waals surface area contributed by atoms with Gasteiger partial charge in [-0.15, -0.1) is 0 Å². The van der Waals surface area contributed by atoms with E-state index in [1.807, 2.05) is 48.2 Å². The van der Waals surface area contributed by atoms with E-state index in [1.54, 1.807) is 6.20 Å². The van der Waals surface area contributed by atoms with E-state index in [1.165, 1.54) is 0 Å². The van der Waals surface area contributed by atoms with Crippen molar-refractivity contribution < 1.29 is 14.3 Å². The number of likely N-dealkylation sites (tertiary alicyclic amines) is 1. The second-order valence-electron chi connectivity index (χ2n) is 8.56. The van der Waals surface area contributed by atoms with Crippen molar-refractivity contribution >= 4 is 11.8 Å². The Bertz CT molecular complexity index is 924. The number of rotatable bonds is 4. The molecule has 0 unspecified atom stereocenters. The normalized spacial score (nSPS) is 23.7. The Balaban J connectivity index is 1.71. The number of carbonyl (C=O) groups excluding carboxylic acids is 2. The summed E-state index contributed by atoms with van der Waals surface area (Å²) in [7, 11) is 0. The maximum Gasteiger partial charge on any atom is 0.233 e. The first-order valence-electron chi connectivity index (χ1n) is 10.6. The van der Waals surface area contributed by atoms with E-state index in [9.17, 15) is 9.59 Å². The van der Waals surface area contributed by atoms with Gasteiger partial charge in [0.05, 0.1) is 11.1 Å². The average molecular weight is 408 g/mol. The highest BCUT2D eigenvalue weighted by Crippen LogP contribution is 2.40. The van der Waals surface area contributed by atoms with Gasteiger partial charge < -0.3 is 15.4 Å². The summed E-state index contributed by atoms with van der Waals surface area (Å²) in [5.74, 6) is -0.354. The molecule has 0 radical (unpaired) electrons. The molecule has 2 aromatic rings. The molecule has 2 saturated heterocycles. The number of benzene rings is 1. The van der Waals surface area contributed by atoms with E-state index in [-0.39, 0.29) is 12.5 Å². The molecule has 2 aliphatic heterocycles. The lowest BCUT2D eigenvalue weighted by molar-refractivity contribution is -0.145. The molecular weight excluding hydrogens is 378 g/mol. The summed E-state index contributed by atoms with van der Waals surface area (Å²) >= 11 is 0. The lowest BCUT2D eigenvalue weighted by Gasteiger charge is -2.45. The molecule has 1 aromatic carbocycles. The van der Waals surface area contributed by atoms with Crippen molar-refractivity contribution in [1.29, 1.82) is 0 Å². The quantitative estimate of drug-likeness (QED) is 0.844. The fourth-order valence-electron chi connectivity index (χ4n) is 5.00. The minimum Gasteiger partial charge on any atom is -0.381 e. The average Bonchev–Trinajstić information content (AvgIpc) is 2.79. The Morgan fingerprint density at radius 2 is 1.87 bits per heavy atom. The molecule has 3 heterocycles. The number of hydrogen-bond donors (Lipinski definition) is 1. The Morgan fingerprint density at radius 1 is 1.07 bits per heavy atom. The van der Waals surface area contributed by atoms with Crippen molar-refractivity contribution in [3.05, 3.63) is 65.5 Å². The van der Waals surface area contributed by atoms with Gasteiger partial charge in [0.2, 0.25) is 11.8 Å². The standard InChI is InChI=1S/C24H29N3O3/c1-18-6-4-7-19(16-18)23(10-14-30-15-11-23)22(29)27-13-5-9-24(17-27,21(25)28)20-8-2-3-12-26-20/h2-4,6-8,12,16H,5,9-11,13-15,17H2,1H3,(H2,25,28)/t24-/m1/s1. The monoisotopic (exact) mass is 407 g/mol. The third-order valence-corrected chi connectivity index (χ3v) is 6.73. The van der Waals surface area contributed by atoms with Crippen LogP contribution in [0.25, 0.3) is 0 Å². The van der Waals surface area contributed by atoms with Crippen LogP contribution in [-0.4, -0.2) is 48.0 Å². The zero-order chi connectivity index (χ0) is 21.2. The Labute approximate surface area is 177 Å². The maximum absolute atomic E-state index is 14.0. The van der Waals surface area contributed by atoms with E-state index in [0.29, 0.717) is 51.1 Å². The van der Waals surface area contributed by atoms with Gasteiger partial charge in [0.15, 0.2) is 0 Å². The molecule has 30 heavy (non-hydrogen) atoms. The number of piperidine rings is 1. The summed E-state index contributed by atoms with van der Waals surface area (Å²) in [4.78, 5) is 32.9. The van der Waals surface area contributed by atoms with Crippen LogP contribution in [-0.2, 0) is 25.2 Å². The maximum atomic E-state index is 14.0. The highest BCUT2D eigenvalue weighted by molar-refractivity contribution is 5.91. The number of nitrogens with two attached hydrogens (primary N) is 1. The fraction of sp³-hybridized carbons (Fsp3) is 0.458. The fourth-order valence-corrected chi connectivity index (χ4v) is 5.00.